The van der Waals surface area contributed by atoms with Gasteiger partial charge < -0.3 is 14.4 Å². The Balaban J connectivity index is 1.53. The molecule has 3 aliphatic heterocycles. The zero-order valence-electron chi connectivity index (χ0n) is 13.3. The minimum absolute atomic E-state index is 0.255. The van der Waals surface area contributed by atoms with E-state index >= 15 is 0 Å². The lowest BCUT2D eigenvalue weighted by Gasteiger charge is -2.30. The van der Waals surface area contributed by atoms with E-state index in [1.54, 1.807) is 11.9 Å². The lowest BCUT2D eigenvalue weighted by Crippen LogP contribution is -2.33. The molecule has 4 rings (SSSR count). The zero-order valence-corrected chi connectivity index (χ0v) is 14.9. The minimum atomic E-state index is 0.255. The number of benzene rings is 1. The first kappa shape index (κ1) is 16.1. The van der Waals surface area contributed by atoms with Gasteiger partial charge in [-0.05, 0) is 35.7 Å². The van der Waals surface area contributed by atoms with Gasteiger partial charge in [0.1, 0.15) is 17.7 Å². The van der Waals surface area contributed by atoms with Gasteiger partial charge in [0.2, 0.25) is 0 Å². The minimum Gasteiger partial charge on any atom is -0.490 e. The van der Waals surface area contributed by atoms with Crippen molar-refractivity contribution in [1.82, 2.24) is 4.90 Å². The molecule has 0 amide bonds. The summed E-state index contributed by atoms with van der Waals surface area (Å²) < 4.78 is 16.0. The molecule has 126 valence electrons. The topological polar surface area (TPSA) is 34.1 Å². The largest absolute Gasteiger partial charge is 0.490 e. The molecule has 6 heteroatoms. The molecule has 0 aliphatic carbocycles. The van der Waals surface area contributed by atoms with Crippen LogP contribution < -0.4 is 4.74 Å². The monoisotopic (exact) mass is 362 g/mol. The maximum absolute atomic E-state index is 6.29. The van der Waals surface area contributed by atoms with Crippen LogP contribution in [0.4, 0.5) is 0 Å². The van der Waals surface area contributed by atoms with Crippen molar-refractivity contribution >= 4 is 35.0 Å². The fraction of sp³-hybridized carbons (Fsp3) is 0.389. The third kappa shape index (κ3) is 3.48. The first-order valence-electron chi connectivity index (χ1n) is 8.20. The lowest BCUT2D eigenvalue weighted by atomic mass is 10.0. The molecule has 0 aromatic heterocycles. The van der Waals surface area contributed by atoms with Gasteiger partial charge >= 0.3 is 0 Å². The Kier molecular flexibility index (Phi) is 4.83. The molecule has 24 heavy (non-hydrogen) atoms. The summed E-state index contributed by atoms with van der Waals surface area (Å²) in [6.45, 7) is 2.50. The van der Waals surface area contributed by atoms with Crippen molar-refractivity contribution < 1.29 is 9.47 Å². The molecule has 0 atom stereocenters. The number of nitrogens with zero attached hydrogens (tertiary/aromatic N) is 2. The highest BCUT2D eigenvalue weighted by Gasteiger charge is 2.23. The summed E-state index contributed by atoms with van der Waals surface area (Å²) in [7, 11) is 0. The van der Waals surface area contributed by atoms with Crippen LogP contribution in [0.3, 0.4) is 0 Å². The Morgan fingerprint density at radius 1 is 1.21 bits per heavy atom. The second-order valence-electron chi connectivity index (χ2n) is 5.97. The Labute approximate surface area is 151 Å². The number of ether oxygens (including phenoxy) is 2. The fourth-order valence-electron chi connectivity index (χ4n) is 3.03. The van der Waals surface area contributed by atoms with E-state index in [2.05, 4.69) is 21.4 Å². The molecule has 1 fully saturated rings. The van der Waals surface area contributed by atoms with Crippen LogP contribution in [0.15, 0.2) is 46.0 Å². The van der Waals surface area contributed by atoms with E-state index in [0.717, 1.165) is 66.1 Å². The zero-order chi connectivity index (χ0) is 16.4. The van der Waals surface area contributed by atoms with E-state index in [-0.39, 0.29) is 6.10 Å². The summed E-state index contributed by atoms with van der Waals surface area (Å²) in [5.41, 5.74) is 2.17. The SMILES string of the molecule is ClC1=CN2CCSN=C2C(c2ccc(OC3CCOCC3)cc2)=C1. The van der Waals surface area contributed by atoms with Crippen molar-refractivity contribution in [3.63, 3.8) is 0 Å². The first-order chi connectivity index (χ1) is 11.8. The van der Waals surface area contributed by atoms with Crippen molar-refractivity contribution in [2.24, 2.45) is 4.40 Å². The molecule has 0 radical (unpaired) electrons. The Morgan fingerprint density at radius 3 is 2.79 bits per heavy atom. The van der Waals surface area contributed by atoms with Gasteiger partial charge in [-0.25, -0.2) is 0 Å². The summed E-state index contributed by atoms with van der Waals surface area (Å²) in [5, 5.41) is 0.735. The number of fused-ring (bicyclic) bond motifs is 1. The number of allylic oxidation sites excluding steroid dienone is 2. The predicted molar refractivity (Wildman–Crippen MR) is 99.4 cm³/mol. The Morgan fingerprint density at radius 2 is 2.00 bits per heavy atom. The van der Waals surface area contributed by atoms with Crippen molar-refractivity contribution in [1.29, 1.82) is 0 Å². The maximum Gasteiger partial charge on any atom is 0.148 e. The number of hydrogen-bond donors (Lipinski definition) is 0. The molecule has 0 N–H and O–H groups in total. The van der Waals surface area contributed by atoms with Crippen LogP contribution >= 0.6 is 23.5 Å². The second-order valence-corrected chi connectivity index (χ2v) is 7.25. The molecule has 1 aromatic rings. The van der Waals surface area contributed by atoms with Gasteiger partial charge in [0, 0.05) is 36.9 Å². The highest BCUT2D eigenvalue weighted by Crippen LogP contribution is 2.31. The Bertz CT molecular complexity index is 693. The molecular formula is C18H19ClN2O2S. The third-order valence-corrected chi connectivity index (χ3v) is 5.16. The van der Waals surface area contributed by atoms with E-state index in [4.69, 9.17) is 21.1 Å². The maximum atomic E-state index is 6.29. The van der Waals surface area contributed by atoms with E-state index in [1.165, 1.54) is 0 Å². The smallest absolute Gasteiger partial charge is 0.148 e. The molecule has 1 aromatic carbocycles. The van der Waals surface area contributed by atoms with Gasteiger partial charge in [0.25, 0.3) is 0 Å². The summed E-state index contributed by atoms with van der Waals surface area (Å²) >= 11 is 7.89. The van der Waals surface area contributed by atoms with Gasteiger partial charge in [0.05, 0.1) is 18.2 Å². The number of rotatable bonds is 3. The quantitative estimate of drug-likeness (QED) is 0.758. The van der Waals surface area contributed by atoms with Crippen LogP contribution in [0.25, 0.3) is 5.57 Å². The van der Waals surface area contributed by atoms with Gasteiger partial charge in [0.15, 0.2) is 0 Å². The molecule has 3 heterocycles. The fourth-order valence-corrected chi connectivity index (χ4v) is 3.96. The first-order valence-corrected chi connectivity index (χ1v) is 9.52. The van der Waals surface area contributed by atoms with E-state index in [9.17, 15) is 0 Å². The van der Waals surface area contributed by atoms with Crippen LogP contribution in [0.5, 0.6) is 5.75 Å². The second kappa shape index (κ2) is 7.21. The average molecular weight is 363 g/mol. The van der Waals surface area contributed by atoms with Crippen LogP contribution in [0, 0.1) is 0 Å². The van der Waals surface area contributed by atoms with E-state index in [1.807, 2.05) is 24.4 Å². The van der Waals surface area contributed by atoms with Gasteiger partial charge in [-0.2, -0.15) is 4.40 Å². The van der Waals surface area contributed by atoms with Crippen LogP contribution in [0.2, 0.25) is 0 Å². The number of hydrogen-bond acceptors (Lipinski definition) is 5. The number of amidine groups is 1. The molecule has 0 spiro atoms. The van der Waals surface area contributed by atoms with Crippen LogP contribution in [-0.2, 0) is 4.74 Å². The standard InChI is InChI=1S/C18H19ClN2O2S/c19-14-11-17(18-20-24-10-7-21(18)12-14)13-1-3-15(4-2-13)23-16-5-8-22-9-6-16/h1-4,11-12,16H,5-10H2. The third-order valence-electron chi connectivity index (χ3n) is 4.29. The van der Waals surface area contributed by atoms with Crippen molar-refractivity contribution in [2.45, 2.75) is 18.9 Å². The van der Waals surface area contributed by atoms with Crippen molar-refractivity contribution in [2.75, 3.05) is 25.5 Å². The van der Waals surface area contributed by atoms with E-state index < -0.39 is 0 Å². The summed E-state index contributed by atoms with van der Waals surface area (Å²) in [6.07, 6.45) is 6.10. The predicted octanol–water partition coefficient (Wildman–Crippen LogP) is 4.08. The summed E-state index contributed by atoms with van der Waals surface area (Å²) in [4.78, 5) is 2.13. The average Bonchev–Trinajstić information content (AvgIpc) is 2.62. The highest BCUT2D eigenvalue weighted by molar-refractivity contribution is 7.98. The van der Waals surface area contributed by atoms with Gasteiger partial charge in [-0.15, -0.1) is 0 Å². The Hall–Kier alpha value is -1.43. The number of halogens is 1. The molecule has 0 saturated carbocycles. The van der Waals surface area contributed by atoms with Crippen molar-refractivity contribution in [3.8, 4) is 5.75 Å². The van der Waals surface area contributed by atoms with Gasteiger partial charge in [-0.3, -0.25) is 0 Å². The normalized spacial score (nSPS) is 21.5. The van der Waals surface area contributed by atoms with E-state index in [0.29, 0.717) is 0 Å². The molecule has 1 saturated heterocycles. The summed E-state index contributed by atoms with van der Waals surface area (Å²) in [5.74, 6) is 2.87. The molecule has 0 bridgehead atoms. The molecular weight excluding hydrogens is 344 g/mol. The van der Waals surface area contributed by atoms with Crippen LogP contribution in [0.1, 0.15) is 18.4 Å². The van der Waals surface area contributed by atoms with Crippen molar-refractivity contribution in [3.05, 3.63) is 47.1 Å². The van der Waals surface area contributed by atoms with Gasteiger partial charge in [-0.1, -0.05) is 23.7 Å². The lowest BCUT2D eigenvalue weighted by molar-refractivity contribution is 0.0256. The molecule has 4 nitrogen and oxygen atoms in total. The highest BCUT2D eigenvalue weighted by atomic mass is 35.5. The summed E-state index contributed by atoms with van der Waals surface area (Å²) in [6, 6.07) is 8.21. The molecule has 0 unspecified atom stereocenters. The van der Waals surface area contributed by atoms with Crippen LogP contribution in [-0.4, -0.2) is 42.4 Å². The molecule has 3 aliphatic rings.